The van der Waals surface area contributed by atoms with Crippen LogP contribution in [0.4, 0.5) is 0 Å². The predicted molar refractivity (Wildman–Crippen MR) is 134 cm³/mol. The minimum atomic E-state index is -0.457. The zero-order chi connectivity index (χ0) is 25.8. The van der Waals surface area contributed by atoms with Crippen LogP contribution in [0.15, 0.2) is 46.9 Å². The molecule has 188 valence electrons. The Hall–Kier alpha value is -3.53. The molecule has 2 aromatic carbocycles. The zero-order valence-corrected chi connectivity index (χ0v) is 21.4. The number of hydrogen-bond acceptors (Lipinski definition) is 6. The Bertz CT molecular complexity index is 1220. The van der Waals surface area contributed by atoms with Crippen molar-refractivity contribution in [1.29, 1.82) is 0 Å². The highest BCUT2D eigenvalue weighted by Crippen LogP contribution is 2.26. The first kappa shape index (κ1) is 25.6. The summed E-state index contributed by atoms with van der Waals surface area (Å²) in [6.45, 7) is 2.51. The number of piperidine rings is 1. The molecule has 0 aliphatic carbocycles. The number of benzene rings is 2. The van der Waals surface area contributed by atoms with Gasteiger partial charge in [0.25, 0.3) is 17.7 Å². The number of carbonyl (C=O) groups excluding carboxylic acids is 5. The van der Waals surface area contributed by atoms with Gasteiger partial charge in [0.2, 0.25) is 5.91 Å². The molecule has 10 heteroatoms. The molecule has 2 aromatic rings. The number of halogens is 1. The van der Waals surface area contributed by atoms with E-state index in [0.717, 1.165) is 4.47 Å². The smallest absolute Gasteiger partial charge is 0.308 e. The first-order chi connectivity index (χ1) is 17.2. The topological polar surface area (TPSA) is 113 Å². The summed E-state index contributed by atoms with van der Waals surface area (Å²) in [7, 11) is 0. The summed E-state index contributed by atoms with van der Waals surface area (Å²) in [5, 5.41) is 2.98. The van der Waals surface area contributed by atoms with Crippen molar-refractivity contribution in [2.75, 3.05) is 19.6 Å². The summed E-state index contributed by atoms with van der Waals surface area (Å²) in [6.07, 6.45) is 1.86. The van der Waals surface area contributed by atoms with Crippen LogP contribution in [0.2, 0.25) is 0 Å². The second-order valence-electron chi connectivity index (χ2n) is 8.81. The first-order valence-corrected chi connectivity index (χ1v) is 12.5. The summed E-state index contributed by atoms with van der Waals surface area (Å²) in [5.74, 6) is -1.11. The highest BCUT2D eigenvalue weighted by Gasteiger charge is 2.35. The lowest BCUT2D eigenvalue weighted by molar-refractivity contribution is -0.133. The highest BCUT2D eigenvalue weighted by atomic mass is 79.9. The van der Waals surface area contributed by atoms with Gasteiger partial charge in [0.05, 0.1) is 11.1 Å². The third-order valence-corrected chi connectivity index (χ3v) is 6.74. The van der Waals surface area contributed by atoms with Crippen LogP contribution < -0.4 is 10.1 Å². The van der Waals surface area contributed by atoms with Crippen LogP contribution in [0.25, 0.3) is 0 Å². The van der Waals surface area contributed by atoms with Crippen molar-refractivity contribution >= 4 is 45.5 Å². The van der Waals surface area contributed by atoms with Crippen molar-refractivity contribution in [2.45, 2.75) is 38.6 Å². The van der Waals surface area contributed by atoms with E-state index < -0.39 is 5.97 Å². The molecule has 0 radical (unpaired) electrons. The van der Waals surface area contributed by atoms with Crippen molar-refractivity contribution in [3.63, 3.8) is 0 Å². The Morgan fingerprint density at radius 2 is 1.75 bits per heavy atom. The maximum absolute atomic E-state index is 12.7. The van der Waals surface area contributed by atoms with E-state index in [9.17, 15) is 24.0 Å². The molecule has 0 atom stereocenters. The van der Waals surface area contributed by atoms with Crippen molar-refractivity contribution in [2.24, 2.45) is 0 Å². The van der Waals surface area contributed by atoms with Crippen molar-refractivity contribution in [3.8, 4) is 5.75 Å². The number of amides is 4. The van der Waals surface area contributed by atoms with Crippen LogP contribution in [0.5, 0.6) is 5.75 Å². The Balaban J connectivity index is 1.21. The molecular weight excluding hydrogens is 530 g/mol. The zero-order valence-electron chi connectivity index (χ0n) is 19.8. The Labute approximate surface area is 216 Å². The molecule has 0 bridgehead atoms. The molecule has 2 aliphatic rings. The van der Waals surface area contributed by atoms with Gasteiger partial charge in [-0.3, -0.25) is 28.9 Å². The van der Waals surface area contributed by atoms with Crippen LogP contribution >= 0.6 is 15.9 Å². The fourth-order valence-electron chi connectivity index (χ4n) is 4.42. The van der Waals surface area contributed by atoms with Gasteiger partial charge in [0.1, 0.15) is 5.75 Å². The van der Waals surface area contributed by atoms with E-state index in [-0.39, 0.29) is 42.6 Å². The van der Waals surface area contributed by atoms with E-state index in [0.29, 0.717) is 54.8 Å². The number of rotatable bonds is 7. The summed E-state index contributed by atoms with van der Waals surface area (Å²) in [6, 6.07) is 11.3. The van der Waals surface area contributed by atoms with E-state index >= 15 is 0 Å². The van der Waals surface area contributed by atoms with Gasteiger partial charge in [-0.1, -0.05) is 22.0 Å². The second kappa shape index (κ2) is 11.0. The van der Waals surface area contributed by atoms with Gasteiger partial charge in [-0.05, 0) is 55.7 Å². The van der Waals surface area contributed by atoms with Gasteiger partial charge in [-0.15, -0.1) is 0 Å². The summed E-state index contributed by atoms with van der Waals surface area (Å²) < 4.78 is 5.76. The van der Waals surface area contributed by atoms with E-state index in [4.69, 9.17) is 4.74 Å². The van der Waals surface area contributed by atoms with Gasteiger partial charge in [0, 0.05) is 49.1 Å². The minimum absolute atomic E-state index is 0.0341. The highest BCUT2D eigenvalue weighted by molar-refractivity contribution is 9.10. The van der Waals surface area contributed by atoms with Crippen molar-refractivity contribution in [3.05, 3.63) is 63.6 Å². The Morgan fingerprint density at radius 1 is 1.03 bits per heavy atom. The van der Waals surface area contributed by atoms with Gasteiger partial charge in [-0.25, -0.2) is 0 Å². The molecule has 36 heavy (non-hydrogen) atoms. The van der Waals surface area contributed by atoms with E-state index in [2.05, 4.69) is 21.2 Å². The SMILES string of the molecule is CC(=O)Oc1cccc(C(=O)NC2CCN(C(=O)CCCN3C(=O)c4ccc(Br)cc4C3=O)CC2)c1. The largest absolute Gasteiger partial charge is 0.427 e. The number of carbonyl (C=O) groups is 5. The molecule has 0 aromatic heterocycles. The molecule has 1 fully saturated rings. The standard InChI is InChI=1S/C26H26BrN3O6/c1-16(31)36-20-5-2-4-17(14-20)24(33)28-19-9-12-29(13-10-19)23(32)6-3-11-30-25(34)21-8-7-18(27)15-22(21)26(30)35/h2,4-5,7-8,14-15,19H,3,6,9-13H2,1H3,(H,28,33). The molecule has 1 N–H and O–H groups in total. The minimum Gasteiger partial charge on any atom is -0.427 e. The molecule has 4 rings (SSSR count). The summed E-state index contributed by atoms with van der Waals surface area (Å²) >= 11 is 3.32. The number of ether oxygens (including phenoxy) is 1. The number of nitrogens with one attached hydrogen (secondary N) is 1. The monoisotopic (exact) mass is 555 g/mol. The Kier molecular flexibility index (Phi) is 7.83. The van der Waals surface area contributed by atoms with Crippen LogP contribution in [0.3, 0.4) is 0 Å². The average Bonchev–Trinajstić information content (AvgIpc) is 3.08. The maximum Gasteiger partial charge on any atom is 0.308 e. The van der Waals surface area contributed by atoms with Crippen LogP contribution in [-0.4, -0.2) is 65.1 Å². The van der Waals surface area contributed by atoms with Gasteiger partial charge in [0.15, 0.2) is 0 Å². The molecule has 2 heterocycles. The van der Waals surface area contributed by atoms with E-state index in [1.165, 1.54) is 17.9 Å². The Morgan fingerprint density at radius 3 is 2.47 bits per heavy atom. The third kappa shape index (κ3) is 5.81. The normalized spacial score (nSPS) is 15.6. The van der Waals surface area contributed by atoms with E-state index in [1.807, 2.05) is 0 Å². The predicted octanol–water partition coefficient (Wildman–Crippen LogP) is 3.17. The molecular formula is C26H26BrN3O6. The van der Waals surface area contributed by atoms with Crippen molar-refractivity contribution in [1.82, 2.24) is 15.1 Å². The quantitative estimate of drug-likeness (QED) is 0.319. The number of imide groups is 1. The van der Waals surface area contributed by atoms with Crippen LogP contribution in [0.1, 0.15) is 63.7 Å². The lowest BCUT2D eigenvalue weighted by Crippen LogP contribution is -2.46. The molecule has 4 amide bonds. The number of hydrogen-bond donors (Lipinski definition) is 1. The maximum atomic E-state index is 12.7. The molecule has 0 unspecified atom stereocenters. The number of esters is 1. The summed E-state index contributed by atoms with van der Waals surface area (Å²) in [4.78, 5) is 64.4. The fraction of sp³-hybridized carbons (Fsp3) is 0.346. The lowest BCUT2D eigenvalue weighted by atomic mass is 10.0. The fourth-order valence-corrected chi connectivity index (χ4v) is 4.78. The van der Waals surface area contributed by atoms with Gasteiger partial charge < -0.3 is 15.0 Å². The molecule has 0 spiro atoms. The van der Waals surface area contributed by atoms with Crippen molar-refractivity contribution < 1.29 is 28.7 Å². The molecule has 9 nitrogen and oxygen atoms in total. The first-order valence-electron chi connectivity index (χ1n) is 11.8. The number of fused-ring (bicyclic) bond motifs is 1. The number of likely N-dealkylation sites (tertiary alicyclic amines) is 1. The lowest BCUT2D eigenvalue weighted by Gasteiger charge is -2.32. The van der Waals surface area contributed by atoms with E-state index in [1.54, 1.807) is 41.3 Å². The van der Waals surface area contributed by atoms with Gasteiger partial charge in [-0.2, -0.15) is 0 Å². The molecule has 2 aliphatic heterocycles. The van der Waals surface area contributed by atoms with Crippen LogP contribution in [0, 0.1) is 0 Å². The number of nitrogens with zero attached hydrogens (tertiary/aromatic N) is 2. The summed E-state index contributed by atoms with van der Waals surface area (Å²) in [5.41, 5.74) is 1.16. The third-order valence-electron chi connectivity index (χ3n) is 6.25. The van der Waals surface area contributed by atoms with Gasteiger partial charge >= 0.3 is 5.97 Å². The van der Waals surface area contributed by atoms with Crippen LogP contribution in [-0.2, 0) is 9.59 Å². The molecule has 0 saturated carbocycles. The average molecular weight is 556 g/mol. The molecule has 1 saturated heterocycles. The second-order valence-corrected chi connectivity index (χ2v) is 9.72.